The maximum Gasteiger partial charge on any atom is 0.0471 e. The third-order valence-corrected chi connectivity index (χ3v) is 4.04. The number of hydrogen-bond acceptors (Lipinski definition) is 2. The van der Waals surface area contributed by atoms with Crippen LogP contribution in [-0.4, -0.2) is 19.1 Å². The molecule has 1 aliphatic heterocycles. The lowest BCUT2D eigenvalue weighted by molar-refractivity contribution is 0.686. The number of halogens is 1. The SMILES string of the molecule is Clc1cccc(N2CCCC2)c1CNC1CC1. The lowest BCUT2D eigenvalue weighted by atomic mass is 10.1. The van der Waals surface area contributed by atoms with Crippen molar-refractivity contribution in [1.29, 1.82) is 0 Å². The van der Waals surface area contributed by atoms with Crippen molar-refractivity contribution in [1.82, 2.24) is 5.32 Å². The molecule has 1 aromatic rings. The van der Waals surface area contributed by atoms with Crippen LogP contribution in [0.3, 0.4) is 0 Å². The predicted molar refractivity (Wildman–Crippen MR) is 72.8 cm³/mol. The zero-order valence-corrected chi connectivity index (χ0v) is 10.8. The number of rotatable bonds is 4. The molecule has 1 saturated heterocycles. The molecule has 1 aromatic carbocycles. The monoisotopic (exact) mass is 250 g/mol. The van der Waals surface area contributed by atoms with Gasteiger partial charge < -0.3 is 10.2 Å². The van der Waals surface area contributed by atoms with Crippen LogP contribution in [0.15, 0.2) is 18.2 Å². The number of anilines is 1. The van der Waals surface area contributed by atoms with E-state index in [-0.39, 0.29) is 0 Å². The Bertz CT molecular complexity index is 395. The van der Waals surface area contributed by atoms with Crippen LogP contribution in [0.1, 0.15) is 31.2 Å². The fraction of sp³-hybridized carbons (Fsp3) is 0.571. The molecule has 0 bridgehead atoms. The van der Waals surface area contributed by atoms with Crippen LogP contribution in [0.25, 0.3) is 0 Å². The lowest BCUT2D eigenvalue weighted by Crippen LogP contribution is -2.22. The Morgan fingerprint density at radius 2 is 2.00 bits per heavy atom. The standard InChI is InChI=1S/C14H19ClN2/c15-13-4-3-5-14(17-8-1-2-9-17)12(13)10-16-11-6-7-11/h3-5,11,16H,1-2,6-10H2. The number of nitrogens with one attached hydrogen (secondary N) is 1. The topological polar surface area (TPSA) is 15.3 Å². The smallest absolute Gasteiger partial charge is 0.0471 e. The molecule has 1 N–H and O–H groups in total. The Labute approximate surface area is 108 Å². The highest BCUT2D eigenvalue weighted by atomic mass is 35.5. The quantitative estimate of drug-likeness (QED) is 0.883. The zero-order chi connectivity index (χ0) is 11.7. The van der Waals surface area contributed by atoms with Crippen molar-refractivity contribution in [3.63, 3.8) is 0 Å². The molecule has 1 aliphatic carbocycles. The second-order valence-corrected chi connectivity index (χ2v) is 5.49. The lowest BCUT2D eigenvalue weighted by Gasteiger charge is -2.22. The molecule has 3 heteroatoms. The maximum absolute atomic E-state index is 6.35. The van der Waals surface area contributed by atoms with Gasteiger partial charge in [0.05, 0.1) is 0 Å². The second kappa shape index (κ2) is 4.87. The fourth-order valence-electron chi connectivity index (χ4n) is 2.51. The van der Waals surface area contributed by atoms with E-state index in [1.807, 2.05) is 6.07 Å². The van der Waals surface area contributed by atoms with E-state index in [4.69, 9.17) is 11.6 Å². The van der Waals surface area contributed by atoms with E-state index in [1.165, 1.54) is 50.0 Å². The minimum atomic E-state index is 0.734. The van der Waals surface area contributed by atoms with Gasteiger partial charge in [0.2, 0.25) is 0 Å². The summed E-state index contributed by atoms with van der Waals surface area (Å²) in [6.07, 6.45) is 5.26. The van der Waals surface area contributed by atoms with Crippen LogP contribution >= 0.6 is 11.6 Å². The van der Waals surface area contributed by atoms with Gasteiger partial charge in [-0.25, -0.2) is 0 Å². The van der Waals surface area contributed by atoms with Crippen LogP contribution in [0.5, 0.6) is 0 Å². The average molecular weight is 251 g/mol. The van der Waals surface area contributed by atoms with E-state index in [0.29, 0.717) is 0 Å². The molecule has 92 valence electrons. The first-order chi connectivity index (χ1) is 8.34. The Morgan fingerprint density at radius 1 is 1.24 bits per heavy atom. The van der Waals surface area contributed by atoms with Gasteiger partial charge in [0, 0.05) is 41.9 Å². The average Bonchev–Trinajstić information content (AvgIpc) is 3.00. The van der Waals surface area contributed by atoms with Crippen molar-refractivity contribution in [2.75, 3.05) is 18.0 Å². The van der Waals surface area contributed by atoms with Crippen LogP contribution in [0, 0.1) is 0 Å². The number of benzene rings is 1. The predicted octanol–water partition coefficient (Wildman–Crippen LogP) is 3.19. The van der Waals surface area contributed by atoms with Crippen molar-refractivity contribution >= 4 is 17.3 Å². The maximum atomic E-state index is 6.35. The molecule has 3 rings (SSSR count). The van der Waals surface area contributed by atoms with Gasteiger partial charge in [-0.05, 0) is 37.8 Å². The van der Waals surface area contributed by atoms with Crippen LogP contribution < -0.4 is 10.2 Å². The molecule has 1 heterocycles. The molecule has 0 radical (unpaired) electrons. The first-order valence-electron chi connectivity index (χ1n) is 6.60. The molecule has 2 fully saturated rings. The van der Waals surface area contributed by atoms with Crippen LogP contribution in [-0.2, 0) is 6.54 Å². The van der Waals surface area contributed by atoms with Crippen molar-refractivity contribution in [2.24, 2.45) is 0 Å². The molecule has 0 atom stereocenters. The van der Waals surface area contributed by atoms with E-state index < -0.39 is 0 Å². The second-order valence-electron chi connectivity index (χ2n) is 5.09. The molecular formula is C14H19ClN2. The molecular weight excluding hydrogens is 232 g/mol. The summed E-state index contributed by atoms with van der Waals surface area (Å²) in [6.45, 7) is 3.27. The number of nitrogens with zero attached hydrogens (tertiary/aromatic N) is 1. The van der Waals surface area contributed by atoms with E-state index in [1.54, 1.807) is 0 Å². The van der Waals surface area contributed by atoms with Crippen molar-refractivity contribution < 1.29 is 0 Å². The van der Waals surface area contributed by atoms with Gasteiger partial charge in [0.1, 0.15) is 0 Å². The molecule has 2 aliphatic rings. The summed E-state index contributed by atoms with van der Waals surface area (Å²) in [4.78, 5) is 2.47. The molecule has 0 aromatic heterocycles. The summed E-state index contributed by atoms with van der Waals surface area (Å²) < 4.78 is 0. The highest BCUT2D eigenvalue weighted by molar-refractivity contribution is 6.31. The molecule has 1 saturated carbocycles. The first kappa shape index (κ1) is 11.4. The summed E-state index contributed by atoms with van der Waals surface area (Å²) in [5, 5.41) is 4.47. The first-order valence-corrected chi connectivity index (χ1v) is 6.98. The van der Waals surface area contributed by atoms with Crippen molar-refractivity contribution in [3.8, 4) is 0 Å². The molecule has 2 nitrogen and oxygen atoms in total. The summed E-state index contributed by atoms with van der Waals surface area (Å²) in [5.41, 5.74) is 2.62. The summed E-state index contributed by atoms with van der Waals surface area (Å²) in [5.74, 6) is 0. The molecule has 0 unspecified atom stereocenters. The largest absolute Gasteiger partial charge is 0.371 e. The fourth-order valence-corrected chi connectivity index (χ4v) is 2.75. The molecule has 0 spiro atoms. The van der Waals surface area contributed by atoms with Crippen LogP contribution in [0.4, 0.5) is 5.69 Å². The van der Waals surface area contributed by atoms with E-state index in [2.05, 4.69) is 22.3 Å². The Hall–Kier alpha value is -0.730. The number of hydrogen-bond donors (Lipinski definition) is 1. The van der Waals surface area contributed by atoms with Gasteiger partial charge in [-0.15, -0.1) is 0 Å². The third kappa shape index (κ3) is 2.58. The summed E-state index contributed by atoms with van der Waals surface area (Å²) in [7, 11) is 0. The minimum Gasteiger partial charge on any atom is -0.371 e. The highest BCUT2D eigenvalue weighted by Gasteiger charge is 2.22. The Kier molecular flexibility index (Phi) is 3.26. The van der Waals surface area contributed by atoms with E-state index in [9.17, 15) is 0 Å². The summed E-state index contributed by atoms with van der Waals surface area (Å²) >= 11 is 6.35. The van der Waals surface area contributed by atoms with Gasteiger partial charge in [-0.3, -0.25) is 0 Å². The molecule has 0 amide bonds. The van der Waals surface area contributed by atoms with Gasteiger partial charge in [-0.2, -0.15) is 0 Å². The van der Waals surface area contributed by atoms with Crippen molar-refractivity contribution in [3.05, 3.63) is 28.8 Å². The van der Waals surface area contributed by atoms with E-state index in [0.717, 1.165) is 17.6 Å². The van der Waals surface area contributed by atoms with Gasteiger partial charge in [0.15, 0.2) is 0 Å². The van der Waals surface area contributed by atoms with Crippen LogP contribution in [0.2, 0.25) is 5.02 Å². The normalized spacial score (nSPS) is 19.9. The molecule has 17 heavy (non-hydrogen) atoms. The van der Waals surface area contributed by atoms with Crippen molar-refractivity contribution in [2.45, 2.75) is 38.3 Å². The Balaban J connectivity index is 1.81. The third-order valence-electron chi connectivity index (χ3n) is 3.69. The highest BCUT2D eigenvalue weighted by Crippen LogP contribution is 2.31. The van der Waals surface area contributed by atoms with Gasteiger partial charge >= 0.3 is 0 Å². The minimum absolute atomic E-state index is 0.734. The van der Waals surface area contributed by atoms with Gasteiger partial charge in [-0.1, -0.05) is 17.7 Å². The zero-order valence-electron chi connectivity index (χ0n) is 10.1. The van der Waals surface area contributed by atoms with E-state index >= 15 is 0 Å². The Morgan fingerprint density at radius 3 is 2.71 bits per heavy atom. The van der Waals surface area contributed by atoms with Gasteiger partial charge in [0.25, 0.3) is 0 Å². The summed E-state index contributed by atoms with van der Waals surface area (Å²) in [6, 6.07) is 7.01.